The molecule has 0 heterocycles. The minimum atomic E-state index is -0.265. The average molecular weight is 373 g/mol. The number of carbonyl (C=O) groups is 1. The number of hydrogen-bond acceptors (Lipinski definition) is 1. The van der Waals surface area contributed by atoms with E-state index < -0.39 is 0 Å². The standard InChI is InChI=1S/C15H12BrCl2NO/c1-8-5-9(2)14(12(16)6-8)19-15(20)11-4-3-10(17)7-13(11)18/h3-7H,1-2H3,(H,19,20). The first-order chi connectivity index (χ1) is 9.38. The van der Waals surface area contributed by atoms with E-state index in [9.17, 15) is 4.79 Å². The Bertz CT molecular complexity index is 663. The molecular weight excluding hydrogens is 361 g/mol. The van der Waals surface area contributed by atoms with Crippen LogP contribution in [0.4, 0.5) is 5.69 Å². The van der Waals surface area contributed by atoms with Gasteiger partial charge in [0.2, 0.25) is 0 Å². The lowest BCUT2D eigenvalue weighted by Crippen LogP contribution is -2.14. The first-order valence-electron chi connectivity index (χ1n) is 5.91. The third-order valence-electron chi connectivity index (χ3n) is 2.85. The molecule has 0 aliphatic carbocycles. The van der Waals surface area contributed by atoms with Gasteiger partial charge in [-0.1, -0.05) is 29.3 Å². The number of hydrogen-bond donors (Lipinski definition) is 1. The predicted octanol–water partition coefficient (Wildman–Crippen LogP) is 5.63. The molecule has 0 aliphatic rings. The molecule has 2 aromatic carbocycles. The number of halogens is 3. The molecule has 0 fully saturated rings. The van der Waals surface area contributed by atoms with Crippen molar-refractivity contribution in [2.45, 2.75) is 13.8 Å². The Hall–Kier alpha value is -1.03. The summed E-state index contributed by atoms with van der Waals surface area (Å²) in [6.07, 6.45) is 0. The van der Waals surface area contributed by atoms with Crippen LogP contribution in [0, 0.1) is 13.8 Å². The second-order valence-electron chi connectivity index (χ2n) is 4.52. The van der Waals surface area contributed by atoms with E-state index in [1.807, 2.05) is 26.0 Å². The van der Waals surface area contributed by atoms with Gasteiger partial charge in [-0.05, 0) is 65.2 Å². The van der Waals surface area contributed by atoms with Gasteiger partial charge in [-0.15, -0.1) is 0 Å². The van der Waals surface area contributed by atoms with E-state index in [1.54, 1.807) is 18.2 Å². The van der Waals surface area contributed by atoms with Gasteiger partial charge in [-0.3, -0.25) is 4.79 Å². The maximum Gasteiger partial charge on any atom is 0.257 e. The lowest BCUT2D eigenvalue weighted by molar-refractivity contribution is 0.102. The van der Waals surface area contributed by atoms with Crippen LogP contribution >= 0.6 is 39.1 Å². The molecule has 0 bridgehead atoms. The molecule has 0 atom stereocenters. The van der Waals surface area contributed by atoms with Crippen molar-refractivity contribution in [2.24, 2.45) is 0 Å². The van der Waals surface area contributed by atoms with Crippen LogP contribution < -0.4 is 5.32 Å². The summed E-state index contributed by atoms with van der Waals surface area (Å²) in [6.45, 7) is 3.94. The zero-order valence-electron chi connectivity index (χ0n) is 10.9. The number of anilines is 1. The van der Waals surface area contributed by atoms with E-state index in [0.717, 1.165) is 21.3 Å². The molecule has 0 saturated heterocycles. The van der Waals surface area contributed by atoms with Gasteiger partial charge in [0.1, 0.15) is 0 Å². The van der Waals surface area contributed by atoms with E-state index in [0.29, 0.717) is 15.6 Å². The van der Waals surface area contributed by atoms with E-state index >= 15 is 0 Å². The molecule has 1 amide bonds. The fourth-order valence-corrected chi connectivity index (χ4v) is 3.20. The molecule has 2 rings (SSSR count). The quantitative estimate of drug-likeness (QED) is 0.727. The molecule has 0 radical (unpaired) electrons. The van der Waals surface area contributed by atoms with Crippen molar-refractivity contribution < 1.29 is 4.79 Å². The van der Waals surface area contributed by atoms with Gasteiger partial charge in [0.25, 0.3) is 5.91 Å². The smallest absolute Gasteiger partial charge is 0.257 e. The second-order valence-corrected chi connectivity index (χ2v) is 6.21. The first kappa shape index (κ1) is 15.4. The second kappa shape index (κ2) is 6.17. The van der Waals surface area contributed by atoms with Crippen molar-refractivity contribution in [2.75, 3.05) is 5.32 Å². The minimum Gasteiger partial charge on any atom is -0.321 e. The zero-order valence-corrected chi connectivity index (χ0v) is 14.0. The summed E-state index contributed by atoms with van der Waals surface area (Å²) in [5.41, 5.74) is 3.24. The summed E-state index contributed by atoms with van der Waals surface area (Å²) in [7, 11) is 0. The number of aryl methyl sites for hydroxylation is 2. The highest BCUT2D eigenvalue weighted by atomic mass is 79.9. The molecule has 0 aromatic heterocycles. The molecule has 104 valence electrons. The largest absolute Gasteiger partial charge is 0.321 e. The van der Waals surface area contributed by atoms with E-state index in [1.165, 1.54) is 0 Å². The summed E-state index contributed by atoms with van der Waals surface area (Å²) in [5, 5.41) is 3.70. The molecule has 0 spiro atoms. The summed E-state index contributed by atoms with van der Waals surface area (Å²) in [4.78, 5) is 12.3. The van der Waals surface area contributed by atoms with Gasteiger partial charge in [-0.25, -0.2) is 0 Å². The molecule has 0 aliphatic heterocycles. The highest BCUT2D eigenvalue weighted by molar-refractivity contribution is 9.10. The Balaban J connectivity index is 2.33. The van der Waals surface area contributed by atoms with Crippen molar-refractivity contribution in [1.82, 2.24) is 0 Å². The summed E-state index contributed by atoms with van der Waals surface area (Å²) >= 11 is 15.3. The van der Waals surface area contributed by atoms with Crippen molar-refractivity contribution in [1.29, 1.82) is 0 Å². The topological polar surface area (TPSA) is 29.1 Å². The molecule has 5 heteroatoms. The number of nitrogens with one attached hydrogen (secondary N) is 1. The fraction of sp³-hybridized carbons (Fsp3) is 0.133. The van der Waals surface area contributed by atoms with Gasteiger partial charge in [0.15, 0.2) is 0 Å². The molecule has 0 unspecified atom stereocenters. The van der Waals surface area contributed by atoms with Gasteiger partial charge < -0.3 is 5.32 Å². The monoisotopic (exact) mass is 371 g/mol. The van der Waals surface area contributed by atoms with Crippen LogP contribution in [0.3, 0.4) is 0 Å². The Morgan fingerprint density at radius 3 is 2.45 bits per heavy atom. The highest BCUT2D eigenvalue weighted by Gasteiger charge is 2.14. The molecule has 2 aromatic rings. The normalized spacial score (nSPS) is 10.4. The van der Waals surface area contributed by atoms with Crippen LogP contribution in [0.25, 0.3) is 0 Å². The van der Waals surface area contributed by atoms with Gasteiger partial charge in [0.05, 0.1) is 16.3 Å². The summed E-state index contributed by atoms with van der Waals surface area (Å²) in [6, 6.07) is 8.75. The van der Waals surface area contributed by atoms with E-state index in [-0.39, 0.29) is 5.91 Å². The maximum absolute atomic E-state index is 12.3. The number of carbonyl (C=O) groups excluding carboxylic acids is 1. The van der Waals surface area contributed by atoms with Crippen molar-refractivity contribution >= 4 is 50.7 Å². The van der Waals surface area contributed by atoms with E-state index in [2.05, 4.69) is 21.2 Å². The number of rotatable bonds is 2. The first-order valence-corrected chi connectivity index (χ1v) is 7.46. The fourth-order valence-electron chi connectivity index (χ4n) is 1.93. The van der Waals surface area contributed by atoms with E-state index in [4.69, 9.17) is 23.2 Å². The zero-order chi connectivity index (χ0) is 14.9. The Labute approximate surface area is 136 Å². The Morgan fingerprint density at radius 1 is 1.15 bits per heavy atom. The van der Waals surface area contributed by atoms with Crippen molar-refractivity contribution in [3.63, 3.8) is 0 Å². The minimum absolute atomic E-state index is 0.265. The maximum atomic E-state index is 12.3. The van der Waals surface area contributed by atoms with Gasteiger partial charge in [0, 0.05) is 9.50 Å². The van der Waals surface area contributed by atoms with Crippen LogP contribution in [0.5, 0.6) is 0 Å². The number of amides is 1. The summed E-state index contributed by atoms with van der Waals surface area (Å²) < 4.78 is 0.841. The predicted molar refractivity (Wildman–Crippen MR) is 88.0 cm³/mol. The van der Waals surface area contributed by atoms with Crippen LogP contribution in [-0.2, 0) is 0 Å². The highest BCUT2D eigenvalue weighted by Crippen LogP contribution is 2.29. The van der Waals surface area contributed by atoms with Crippen molar-refractivity contribution in [3.8, 4) is 0 Å². The lowest BCUT2D eigenvalue weighted by atomic mass is 10.1. The van der Waals surface area contributed by atoms with Crippen LogP contribution in [0.2, 0.25) is 10.0 Å². The molecule has 1 N–H and O–H groups in total. The molecule has 20 heavy (non-hydrogen) atoms. The Kier molecular flexibility index (Phi) is 4.74. The van der Waals surface area contributed by atoms with Crippen LogP contribution in [-0.4, -0.2) is 5.91 Å². The average Bonchev–Trinajstić information content (AvgIpc) is 2.33. The van der Waals surface area contributed by atoms with Crippen molar-refractivity contribution in [3.05, 3.63) is 61.5 Å². The molecule has 2 nitrogen and oxygen atoms in total. The lowest BCUT2D eigenvalue weighted by Gasteiger charge is -2.12. The van der Waals surface area contributed by atoms with Gasteiger partial charge >= 0.3 is 0 Å². The third kappa shape index (κ3) is 3.35. The Morgan fingerprint density at radius 2 is 1.85 bits per heavy atom. The summed E-state index contributed by atoms with van der Waals surface area (Å²) in [5.74, 6) is -0.265. The third-order valence-corrected chi connectivity index (χ3v) is 4.02. The van der Waals surface area contributed by atoms with Gasteiger partial charge in [-0.2, -0.15) is 0 Å². The van der Waals surface area contributed by atoms with Crippen LogP contribution in [0.1, 0.15) is 21.5 Å². The number of benzene rings is 2. The molecular formula is C15H12BrCl2NO. The molecule has 0 saturated carbocycles. The SMILES string of the molecule is Cc1cc(C)c(NC(=O)c2ccc(Cl)cc2Cl)c(Br)c1. The van der Waals surface area contributed by atoms with Crippen LogP contribution in [0.15, 0.2) is 34.8 Å².